The number of hydrogen-bond acceptors (Lipinski definition) is 4. The van der Waals surface area contributed by atoms with E-state index in [1.807, 2.05) is 19.1 Å². The highest BCUT2D eigenvalue weighted by Crippen LogP contribution is 2.20. The number of nitrogens with zero attached hydrogens (tertiary/aromatic N) is 2. The number of piperidine rings is 1. The van der Waals surface area contributed by atoms with Crippen molar-refractivity contribution in [1.29, 1.82) is 0 Å². The Morgan fingerprint density at radius 3 is 3.11 bits per heavy atom. The number of likely N-dealkylation sites (tertiary alicyclic amines) is 1. The molecule has 1 unspecified atom stereocenters. The van der Waals surface area contributed by atoms with E-state index in [0.717, 1.165) is 37.4 Å². The lowest BCUT2D eigenvalue weighted by molar-refractivity contribution is 0.0662. The van der Waals surface area contributed by atoms with Crippen molar-refractivity contribution in [3.8, 4) is 0 Å². The van der Waals surface area contributed by atoms with Crippen LogP contribution in [-0.2, 0) is 6.54 Å². The summed E-state index contributed by atoms with van der Waals surface area (Å²) in [6, 6.07) is 3.77. The lowest BCUT2D eigenvalue weighted by Crippen LogP contribution is -2.37. The molecule has 4 nitrogen and oxygen atoms in total. The van der Waals surface area contributed by atoms with Gasteiger partial charge in [-0.25, -0.2) is 4.98 Å². The Labute approximate surface area is 113 Å². The fraction of sp³-hybridized carbons (Fsp3) is 0.615. The van der Waals surface area contributed by atoms with Gasteiger partial charge in [0.1, 0.15) is 5.82 Å². The quantitative estimate of drug-likeness (QED) is 0.879. The SMILES string of the molecule is CCNc1ccc(Cl)c(CN2CCCC(O)C2)n1. The number of rotatable bonds is 4. The Bertz CT molecular complexity index is 400. The summed E-state index contributed by atoms with van der Waals surface area (Å²) in [5, 5.41) is 13.5. The van der Waals surface area contributed by atoms with Crippen molar-refractivity contribution in [2.24, 2.45) is 0 Å². The van der Waals surface area contributed by atoms with Crippen LogP contribution in [0, 0.1) is 0 Å². The Morgan fingerprint density at radius 2 is 2.39 bits per heavy atom. The van der Waals surface area contributed by atoms with Gasteiger partial charge < -0.3 is 10.4 Å². The number of halogens is 1. The Morgan fingerprint density at radius 1 is 1.56 bits per heavy atom. The molecule has 0 bridgehead atoms. The van der Waals surface area contributed by atoms with E-state index >= 15 is 0 Å². The van der Waals surface area contributed by atoms with E-state index in [1.54, 1.807) is 0 Å². The molecule has 1 aromatic rings. The summed E-state index contributed by atoms with van der Waals surface area (Å²) in [5.41, 5.74) is 0.879. The first-order chi connectivity index (χ1) is 8.69. The molecule has 1 fully saturated rings. The molecule has 0 aromatic carbocycles. The predicted octanol–water partition coefficient (Wildman–Crippen LogP) is 2.12. The molecule has 5 heteroatoms. The molecule has 2 rings (SSSR count). The minimum absolute atomic E-state index is 0.213. The number of aromatic nitrogens is 1. The van der Waals surface area contributed by atoms with Gasteiger partial charge in [-0.15, -0.1) is 0 Å². The average Bonchev–Trinajstić information content (AvgIpc) is 2.34. The summed E-state index contributed by atoms with van der Waals surface area (Å²) in [4.78, 5) is 6.72. The number of nitrogens with one attached hydrogen (secondary N) is 1. The van der Waals surface area contributed by atoms with E-state index in [1.165, 1.54) is 0 Å². The van der Waals surface area contributed by atoms with Crippen LogP contribution in [-0.4, -0.2) is 40.7 Å². The van der Waals surface area contributed by atoms with Gasteiger partial charge in [0.15, 0.2) is 0 Å². The van der Waals surface area contributed by atoms with Gasteiger partial charge in [0.25, 0.3) is 0 Å². The summed E-state index contributed by atoms with van der Waals surface area (Å²) in [6.07, 6.45) is 1.72. The lowest BCUT2D eigenvalue weighted by atomic mass is 10.1. The molecule has 1 aromatic heterocycles. The highest BCUT2D eigenvalue weighted by atomic mass is 35.5. The maximum atomic E-state index is 9.66. The van der Waals surface area contributed by atoms with E-state index in [4.69, 9.17) is 11.6 Å². The van der Waals surface area contributed by atoms with Gasteiger partial charge in [-0.2, -0.15) is 0 Å². The summed E-state index contributed by atoms with van der Waals surface area (Å²) in [5.74, 6) is 0.856. The van der Waals surface area contributed by atoms with E-state index < -0.39 is 0 Å². The fourth-order valence-corrected chi connectivity index (χ4v) is 2.43. The Balaban J connectivity index is 2.05. The molecule has 2 N–H and O–H groups in total. The molecule has 0 saturated carbocycles. The van der Waals surface area contributed by atoms with Gasteiger partial charge in [-0.1, -0.05) is 11.6 Å². The summed E-state index contributed by atoms with van der Waals surface area (Å²) < 4.78 is 0. The second-order valence-electron chi connectivity index (χ2n) is 4.69. The van der Waals surface area contributed by atoms with E-state index in [0.29, 0.717) is 18.1 Å². The summed E-state index contributed by atoms with van der Waals surface area (Å²) in [7, 11) is 0. The van der Waals surface area contributed by atoms with Gasteiger partial charge in [0, 0.05) is 19.6 Å². The zero-order valence-corrected chi connectivity index (χ0v) is 11.5. The van der Waals surface area contributed by atoms with E-state index in [2.05, 4.69) is 15.2 Å². The summed E-state index contributed by atoms with van der Waals surface area (Å²) in [6.45, 7) is 5.30. The number of hydrogen-bond donors (Lipinski definition) is 2. The zero-order chi connectivity index (χ0) is 13.0. The van der Waals surface area contributed by atoms with Crippen molar-refractivity contribution < 1.29 is 5.11 Å². The van der Waals surface area contributed by atoms with Crippen LogP contribution in [0.3, 0.4) is 0 Å². The van der Waals surface area contributed by atoms with Crippen LogP contribution in [0.5, 0.6) is 0 Å². The smallest absolute Gasteiger partial charge is 0.126 e. The average molecular weight is 270 g/mol. The molecule has 1 atom stereocenters. The minimum atomic E-state index is -0.213. The van der Waals surface area contributed by atoms with Crippen molar-refractivity contribution in [2.45, 2.75) is 32.4 Å². The van der Waals surface area contributed by atoms with Crippen LogP contribution < -0.4 is 5.32 Å². The molecule has 0 radical (unpaired) electrons. The van der Waals surface area contributed by atoms with E-state index in [9.17, 15) is 5.11 Å². The van der Waals surface area contributed by atoms with Crippen molar-refractivity contribution >= 4 is 17.4 Å². The van der Waals surface area contributed by atoms with Crippen molar-refractivity contribution in [3.05, 3.63) is 22.8 Å². The lowest BCUT2D eigenvalue weighted by Gasteiger charge is -2.29. The van der Waals surface area contributed by atoms with Crippen LogP contribution in [0.2, 0.25) is 5.02 Å². The molecule has 1 aliphatic heterocycles. The predicted molar refractivity (Wildman–Crippen MR) is 73.9 cm³/mol. The zero-order valence-electron chi connectivity index (χ0n) is 10.7. The number of aliphatic hydroxyl groups excluding tert-OH is 1. The van der Waals surface area contributed by atoms with Crippen molar-refractivity contribution in [1.82, 2.24) is 9.88 Å². The molecule has 1 saturated heterocycles. The van der Waals surface area contributed by atoms with Crippen LogP contribution in [0.4, 0.5) is 5.82 Å². The van der Waals surface area contributed by atoms with Gasteiger partial charge >= 0.3 is 0 Å². The maximum Gasteiger partial charge on any atom is 0.126 e. The molecule has 0 spiro atoms. The number of β-amino-alcohol motifs (C(OH)–C–C–N with tert-alkyl or cyclic N) is 1. The van der Waals surface area contributed by atoms with E-state index in [-0.39, 0.29) is 6.10 Å². The molecule has 18 heavy (non-hydrogen) atoms. The third-order valence-corrected chi connectivity index (χ3v) is 3.47. The Hall–Kier alpha value is -0.840. The highest BCUT2D eigenvalue weighted by Gasteiger charge is 2.19. The number of aliphatic hydroxyl groups is 1. The minimum Gasteiger partial charge on any atom is -0.392 e. The third kappa shape index (κ3) is 3.57. The number of pyridine rings is 1. The molecule has 100 valence electrons. The summed E-state index contributed by atoms with van der Waals surface area (Å²) >= 11 is 6.17. The van der Waals surface area contributed by atoms with Crippen LogP contribution >= 0.6 is 11.6 Å². The van der Waals surface area contributed by atoms with Gasteiger partial charge in [-0.3, -0.25) is 4.90 Å². The molecular formula is C13H20ClN3O. The van der Waals surface area contributed by atoms with Crippen LogP contribution in [0.25, 0.3) is 0 Å². The molecule has 0 aliphatic carbocycles. The van der Waals surface area contributed by atoms with Crippen molar-refractivity contribution in [3.63, 3.8) is 0 Å². The molecule has 0 amide bonds. The first kappa shape index (κ1) is 13.6. The topological polar surface area (TPSA) is 48.4 Å². The normalized spacial score (nSPS) is 20.9. The monoisotopic (exact) mass is 269 g/mol. The largest absolute Gasteiger partial charge is 0.392 e. The second-order valence-corrected chi connectivity index (χ2v) is 5.09. The molecule has 1 aliphatic rings. The van der Waals surface area contributed by atoms with Gasteiger partial charge in [-0.05, 0) is 38.4 Å². The van der Waals surface area contributed by atoms with Gasteiger partial charge in [0.2, 0.25) is 0 Å². The standard InChI is InChI=1S/C13H20ClN3O/c1-2-15-13-6-5-11(14)12(16-13)9-17-7-3-4-10(18)8-17/h5-6,10,18H,2-4,7-9H2,1H3,(H,15,16). The van der Waals surface area contributed by atoms with Gasteiger partial charge in [0.05, 0.1) is 16.8 Å². The molecular weight excluding hydrogens is 250 g/mol. The highest BCUT2D eigenvalue weighted by molar-refractivity contribution is 6.31. The van der Waals surface area contributed by atoms with Crippen molar-refractivity contribution in [2.75, 3.05) is 25.0 Å². The first-order valence-corrected chi connectivity index (χ1v) is 6.86. The Kier molecular flexibility index (Phi) is 4.80. The maximum absolute atomic E-state index is 9.66. The second kappa shape index (κ2) is 6.36. The first-order valence-electron chi connectivity index (χ1n) is 6.48. The number of anilines is 1. The fourth-order valence-electron chi connectivity index (χ4n) is 2.26. The van der Waals surface area contributed by atoms with Crippen LogP contribution in [0.15, 0.2) is 12.1 Å². The molecule has 2 heterocycles. The third-order valence-electron chi connectivity index (χ3n) is 3.13. The van der Waals surface area contributed by atoms with Crippen LogP contribution in [0.1, 0.15) is 25.5 Å².